The maximum absolute atomic E-state index is 12.8. The molecule has 8 nitrogen and oxygen atoms in total. The van der Waals surface area contributed by atoms with Gasteiger partial charge in [-0.2, -0.15) is 5.10 Å². The lowest BCUT2D eigenvalue weighted by molar-refractivity contribution is -0.129. The monoisotopic (exact) mass is 392 g/mol. The number of rotatable bonds is 2. The summed E-state index contributed by atoms with van der Waals surface area (Å²) in [5.74, 6) is -0.522. The number of hydrogen-bond acceptors (Lipinski definition) is 5. The van der Waals surface area contributed by atoms with E-state index in [4.69, 9.17) is 4.74 Å². The second kappa shape index (κ2) is 5.30. The van der Waals surface area contributed by atoms with E-state index in [0.717, 1.165) is 20.3 Å². The fraction of sp³-hybridized carbons (Fsp3) is 0.333. The summed E-state index contributed by atoms with van der Waals surface area (Å²) in [5.41, 5.74) is 1.22. The molecule has 0 radical (unpaired) electrons. The molecule has 2 aliphatic rings. The van der Waals surface area contributed by atoms with Crippen molar-refractivity contribution in [3.05, 3.63) is 28.4 Å². The molecule has 2 aromatic rings. The predicted octanol–water partition coefficient (Wildman–Crippen LogP) is 1.14. The Morgan fingerprint density at radius 2 is 2.08 bits per heavy atom. The van der Waals surface area contributed by atoms with Gasteiger partial charge in [0, 0.05) is 30.0 Å². The first-order chi connectivity index (χ1) is 11.5. The number of carbonyl (C=O) groups excluding carboxylic acids is 3. The van der Waals surface area contributed by atoms with Gasteiger partial charge in [-0.05, 0) is 18.2 Å². The summed E-state index contributed by atoms with van der Waals surface area (Å²) < 4.78 is 7.15. The largest absolute Gasteiger partial charge is 0.439 e. The minimum Gasteiger partial charge on any atom is -0.439 e. The van der Waals surface area contributed by atoms with Gasteiger partial charge < -0.3 is 9.64 Å². The number of likely N-dealkylation sites (tertiary alicyclic amines) is 1. The van der Waals surface area contributed by atoms with Crippen LogP contribution in [-0.4, -0.2) is 63.2 Å². The Bertz CT molecular complexity index is 871. The molecule has 0 saturated carbocycles. The summed E-state index contributed by atoms with van der Waals surface area (Å²) in [5, 5.41) is 5.13. The van der Waals surface area contributed by atoms with E-state index in [0.29, 0.717) is 18.8 Å². The lowest BCUT2D eigenvalue weighted by Crippen LogP contribution is -2.62. The summed E-state index contributed by atoms with van der Waals surface area (Å²) in [6, 6.07) is 5.24. The topological polar surface area (TPSA) is 84.7 Å². The van der Waals surface area contributed by atoms with Crippen LogP contribution in [0, 0.1) is 0 Å². The van der Waals surface area contributed by atoms with Crippen molar-refractivity contribution in [3.8, 4) is 0 Å². The van der Waals surface area contributed by atoms with Gasteiger partial charge in [0.15, 0.2) is 6.61 Å². The van der Waals surface area contributed by atoms with Crippen LogP contribution in [0.1, 0.15) is 10.5 Å². The van der Waals surface area contributed by atoms with Crippen molar-refractivity contribution in [2.75, 3.05) is 19.7 Å². The lowest BCUT2D eigenvalue weighted by atomic mass is 10.1. The van der Waals surface area contributed by atoms with E-state index in [-0.39, 0.29) is 24.5 Å². The Morgan fingerprint density at radius 1 is 1.33 bits per heavy atom. The average Bonchev–Trinajstić information content (AvgIpc) is 2.97. The molecule has 0 bridgehead atoms. The normalized spacial score (nSPS) is 18.2. The number of carbonyl (C=O) groups is 3. The fourth-order valence-corrected chi connectivity index (χ4v) is 3.43. The van der Waals surface area contributed by atoms with Gasteiger partial charge in [-0.15, -0.1) is 0 Å². The Labute approximate surface area is 145 Å². The zero-order valence-electron chi connectivity index (χ0n) is 12.7. The van der Waals surface area contributed by atoms with Crippen molar-refractivity contribution >= 4 is 44.7 Å². The van der Waals surface area contributed by atoms with Crippen LogP contribution in [0.15, 0.2) is 22.7 Å². The number of ether oxygens (including phenoxy) is 1. The molecular weight excluding hydrogens is 380 g/mol. The summed E-state index contributed by atoms with van der Waals surface area (Å²) in [6.07, 6.45) is -0.632. The molecule has 3 heterocycles. The van der Waals surface area contributed by atoms with Gasteiger partial charge >= 0.3 is 6.09 Å². The highest BCUT2D eigenvalue weighted by molar-refractivity contribution is 9.10. The van der Waals surface area contributed by atoms with Crippen LogP contribution in [0.3, 0.4) is 0 Å². The highest BCUT2D eigenvalue weighted by Gasteiger charge is 2.45. The summed E-state index contributed by atoms with van der Waals surface area (Å²) >= 11 is 3.39. The molecule has 2 fully saturated rings. The quantitative estimate of drug-likeness (QED) is 0.764. The zero-order valence-corrected chi connectivity index (χ0v) is 14.3. The van der Waals surface area contributed by atoms with Crippen LogP contribution in [-0.2, 0) is 16.6 Å². The van der Waals surface area contributed by atoms with E-state index in [1.165, 1.54) is 0 Å². The van der Waals surface area contributed by atoms with Gasteiger partial charge in [-0.25, -0.2) is 9.69 Å². The second-order valence-electron chi connectivity index (χ2n) is 5.82. The smallest absolute Gasteiger partial charge is 0.417 e. The first-order valence-electron chi connectivity index (χ1n) is 7.36. The first kappa shape index (κ1) is 15.1. The Hall–Kier alpha value is -2.42. The zero-order chi connectivity index (χ0) is 17.0. The van der Waals surface area contributed by atoms with Crippen molar-refractivity contribution in [2.45, 2.75) is 6.04 Å². The molecule has 124 valence electrons. The van der Waals surface area contributed by atoms with E-state index < -0.39 is 6.09 Å². The molecule has 0 unspecified atom stereocenters. The van der Waals surface area contributed by atoms with Gasteiger partial charge in [0.2, 0.25) is 0 Å². The van der Waals surface area contributed by atoms with Gasteiger partial charge in [-0.3, -0.25) is 14.3 Å². The Balaban J connectivity index is 1.55. The van der Waals surface area contributed by atoms with Crippen molar-refractivity contribution in [1.82, 2.24) is 19.6 Å². The number of benzene rings is 1. The SMILES string of the molecule is Cn1nc2cc(Br)ccc2c1C(=O)N1CC(N2C(=O)COC2=O)C1. The number of nitrogens with zero attached hydrogens (tertiary/aromatic N) is 4. The molecule has 0 atom stereocenters. The Kier molecular flexibility index (Phi) is 3.34. The minimum absolute atomic E-state index is 0.168. The first-order valence-corrected chi connectivity index (χ1v) is 8.15. The minimum atomic E-state index is -0.632. The van der Waals surface area contributed by atoms with Gasteiger partial charge in [0.25, 0.3) is 11.8 Å². The number of halogens is 1. The van der Waals surface area contributed by atoms with Crippen molar-refractivity contribution in [1.29, 1.82) is 0 Å². The van der Waals surface area contributed by atoms with Crippen LogP contribution >= 0.6 is 15.9 Å². The number of imide groups is 1. The number of hydrogen-bond donors (Lipinski definition) is 0. The van der Waals surface area contributed by atoms with Crippen molar-refractivity contribution in [2.24, 2.45) is 7.05 Å². The van der Waals surface area contributed by atoms with Crippen molar-refractivity contribution < 1.29 is 19.1 Å². The highest BCUT2D eigenvalue weighted by Crippen LogP contribution is 2.26. The molecule has 2 aliphatic heterocycles. The standard InChI is InChI=1S/C15H13BrN4O4/c1-18-13(10-3-2-8(16)4-11(10)17-18)14(22)19-5-9(6-19)20-12(21)7-24-15(20)23/h2-4,9H,5-7H2,1H3. The number of aromatic nitrogens is 2. The second-order valence-corrected chi connectivity index (χ2v) is 6.73. The number of fused-ring (bicyclic) bond motifs is 1. The third kappa shape index (κ3) is 2.19. The van der Waals surface area contributed by atoms with E-state index in [2.05, 4.69) is 21.0 Å². The predicted molar refractivity (Wildman–Crippen MR) is 86.3 cm³/mol. The summed E-state index contributed by atoms with van der Waals surface area (Å²) in [6.45, 7) is 0.399. The molecule has 9 heteroatoms. The molecule has 0 aliphatic carbocycles. The molecule has 1 aromatic heterocycles. The fourth-order valence-electron chi connectivity index (χ4n) is 3.08. The van der Waals surface area contributed by atoms with Crippen LogP contribution in [0.4, 0.5) is 4.79 Å². The van der Waals surface area contributed by atoms with Crippen LogP contribution in [0.5, 0.6) is 0 Å². The van der Waals surface area contributed by atoms with Crippen LogP contribution < -0.4 is 0 Å². The van der Waals surface area contributed by atoms with Gasteiger partial charge in [0.1, 0.15) is 5.69 Å². The third-order valence-electron chi connectivity index (χ3n) is 4.30. The lowest BCUT2D eigenvalue weighted by Gasteiger charge is -2.41. The molecule has 2 saturated heterocycles. The number of amides is 3. The van der Waals surface area contributed by atoms with E-state index >= 15 is 0 Å². The molecule has 24 heavy (non-hydrogen) atoms. The molecule has 0 spiro atoms. The molecule has 0 N–H and O–H groups in total. The van der Waals surface area contributed by atoms with E-state index in [1.807, 2.05) is 18.2 Å². The van der Waals surface area contributed by atoms with Gasteiger partial charge in [-0.1, -0.05) is 15.9 Å². The average molecular weight is 393 g/mol. The van der Waals surface area contributed by atoms with Crippen molar-refractivity contribution in [3.63, 3.8) is 0 Å². The molecular formula is C15H13BrN4O4. The highest BCUT2D eigenvalue weighted by atomic mass is 79.9. The van der Waals surface area contributed by atoms with Gasteiger partial charge in [0.05, 0.1) is 11.6 Å². The van der Waals surface area contributed by atoms with Crippen LogP contribution in [0.2, 0.25) is 0 Å². The van der Waals surface area contributed by atoms with Crippen LogP contribution in [0.25, 0.3) is 10.9 Å². The number of aryl methyl sites for hydroxylation is 1. The molecule has 1 aromatic carbocycles. The van der Waals surface area contributed by atoms with E-state index in [9.17, 15) is 14.4 Å². The maximum atomic E-state index is 12.8. The Morgan fingerprint density at radius 3 is 2.75 bits per heavy atom. The number of cyclic esters (lactones) is 1. The third-order valence-corrected chi connectivity index (χ3v) is 4.79. The summed E-state index contributed by atoms with van der Waals surface area (Å²) in [7, 11) is 1.72. The molecule has 3 amide bonds. The maximum Gasteiger partial charge on any atom is 0.417 e. The van der Waals surface area contributed by atoms with E-state index in [1.54, 1.807) is 16.6 Å². The molecule has 4 rings (SSSR count). The summed E-state index contributed by atoms with van der Waals surface area (Å²) in [4.78, 5) is 38.7.